The van der Waals surface area contributed by atoms with E-state index in [1.807, 2.05) is 11.0 Å². The van der Waals surface area contributed by atoms with Gasteiger partial charge in [0.1, 0.15) is 11.5 Å². The molecule has 1 aromatic carbocycles. The smallest absolute Gasteiger partial charge is 0.258 e. The van der Waals surface area contributed by atoms with Gasteiger partial charge in [0.15, 0.2) is 5.92 Å². The van der Waals surface area contributed by atoms with Gasteiger partial charge in [-0.1, -0.05) is 23.7 Å². The minimum atomic E-state index is -1.34. The number of H-pyrrole nitrogens is 1. The predicted molar refractivity (Wildman–Crippen MR) is 108 cm³/mol. The molecule has 0 aliphatic carbocycles. The maximum atomic E-state index is 13.1. The third-order valence-corrected chi connectivity index (χ3v) is 5.18. The summed E-state index contributed by atoms with van der Waals surface area (Å²) in [4.78, 5) is 42.8. The normalized spacial score (nSPS) is 15.1. The molecule has 0 spiro atoms. The van der Waals surface area contributed by atoms with Crippen LogP contribution < -0.4 is 10.5 Å². The van der Waals surface area contributed by atoms with Gasteiger partial charge in [-0.05, 0) is 31.4 Å². The molecule has 9 heteroatoms. The highest BCUT2D eigenvalue weighted by Gasteiger charge is 2.29. The van der Waals surface area contributed by atoms with Gasteiger partial charge in [-0.3, -0.25) is 9.59 Å². The number of fused-ring (bicyclic) bond motifs is 1. The van der Waals surface area contributed by atoms with Crippen molar-refractivity contribution in [3.63, 3.8) is 0 Å². The monoisotopic (exact) mass is 408 g/mol. The maximum absolute atomic E-state index is 13.1. The number of anilines is 1. The van der Waals surface area contributed by atoms with Crippen LogP contribution in [0.15, 0.2) is 35.3 Å². The number of piperidine rings is 1. The Morgan fingerprint density at radius 1 is 1.21 bits per heavy atom. The van der Waals surface area contributed by atoms with Gasteiger partial charge >= 0.3 is 0 Å². The summed E-state index contributed by atoms with van der Waals surface area (Å²) in [6.45, 7) is 1.60. The first-order valence-corrected chi connectivity index (χ1v) is 9.66. The lowest BCUT2D eigenvalue weighted by atomic mass is 10.0. The number of hydrogen-bond acceptors (Lipinski definition) is 7. The Bertz CT molecular complexity index is 1180. The number of ketones is 1. The Balaban J connectivity index is 1.73. The molecule has 1 aliphatic heterocycles. The van der Waals surface area contributed by atoms with E-state index in [4.69, 9.17) is 11.6 Å². The number of aromatic amines is 1. The molecular formula is C20H17ClN6O2. The van der Waals surface area contributed by atoms with Gasteiger partial charge in [-0.15, -0.1) is 0 Å². The third kappa shape index (κ3) is 3.69. The van der Waals surface area contributed by atoms with E-state index in [0.717, 1.165) is 32.4 Å². The number of nitrogens with one attached hydrogen (secondary N) is 1. The molecule has 8 nitrogen and oxygen atoms in total. The van der Waals surface area contributed by atoms with Crippen LogP contribution in [0.3, 0.4) is 0 Å². The second kappa shape index (κ2) is 7.97. The molecule has 1 saturated heterocycles. The van der Waals surface area contributed by atoms with Crippen LogP contribution >= 0.6 is 11.6 Å². The molecule has 0 radical (unpaired) electrons. The molecule has 1 atom stereocenters. The largest absolute Gasteiger partial charge is 0.341 e. The first kappa shape index (κ1) is 19.0. The highest BCUT2D eigenvalue weighted by atomic mass is 35.5. The fourth-order valence-corrected chi connectivity index (χ4v) is 3.58. The van der Waals surface area contributed by atoms with Gasteiger partial charge in [0.05, 0.1) is 28.2 Å². The number of nitriles is 1. The molecule has 0 amide bonds. The number of aromatic nitrogens is 4. The second-order valence-electron chi connectivity index (χ2n) is 6.81. The molecule has 1 aliphatic rings. The van der Waals surface area contributed by atoms with Gasteiger partial charge in [-0.2, -0.15) is 5.26 Å². The molecule has 146 valence electrons. The number of halogens is 1. The lowest BCUT2D eigenvalue weighted by Crippen LogP contribution is -2.31. The van der Waals surface area contributed by atoms with E-state index in [9.17, 15) is 14.9 Å². The number of para-hydroxylation sites is 1. The van der Waals surface area contributed by atoms with Crippen molar-refractivity contribution < 1.29 is 4.79 Å². The van der Waals surface area contributed by atoms with E-state index >= 15 is 0 Å². The van der Waals surface area contributed by atoms with E-state index in [2.05, 4.69) is 19.9 Å². The molecule has 2 aromatic heterocycles. The molecule has 3 aromatic rings. The Morgan fingerprint density at radius 2 is 1.97 bits per heavy atom. The molecule has 3 heterocycles. The summed E-state index contributed by atoms with van der Waals surface area (Å²) in [5.41, 5.74) is -0.0619. The van der Waals surface area contributed by atoms with Crippen LogP contribution in [0.2, 0.25) is 5.02 Å². The van der Waals surface area contributed by atoms with Gasteiger partial charge < -0.3 is 9.88 Å². The van der Waals surface area contributed by atoms with Gasteiger partial charge in [0.2, 0.25) is 11.7 Å². The van der Waals surface area contributed by atoms with Crippen LogP contribution in [0.25, 0.3) is 10.9 Å². The van der Waals surface area contributed by atoms with E-state index < -0.39 is 17.3 Å². The Kier molecular flexibility index (Phi) is 5.23. The number of hydrogen-bond donors (Lipinski definition) is 1. The summed E-state index contributed by atoms with van der Waals surface area (Å²) in [5, 5.41) is 10.1. The zero-order valence-corrected chi connectivity index (χ0v) is 16.2. The van der Waals surface area contributed by atoms with Crippen molar-refractivity contribution in [3.05, 3.63) is 57.4 Å². The first-order chi connectivity index (χ1) is 14.1. The van der Waals surface area contributed by atoms with Crippen LogP contribution in [-0.4, -0.2) is 38.8 Å². The van der Waals surface area contributed by atoms with Gasteiger partial charge in [-0.25, -0.2) is 15.0 Å². The van der Waals surface area contributed by atoms with E-state index in [1.54, 1.807) is 24.3 Å². The van der Waals surface area contributed by atoms with E-state index in [0.29, 0.717) is 16.9 Å². The van der Waals surface area contributed by atoms with Crippen LogP contribution in [-0.2, 0) is 0 Å². The summed E-state index contributed by atoms with van der Waals surface area (Å²) in [7, 11) is 0. The van der Waals surface area contributed by atoms with Crippen LogP contribution in [0.4, 0.5) is 5.95 Å². The van der Waals surface area contributed by atoms with Crippen LogP contribution in [0.5, 0.6) is 0 Å². The summed E-state index contributed by atoms with van der Waals surface area (Å²) in [5.74, 6) is -1.59. The number of benzene rings is 1. The second-order valence-corrected chi connectivity index (χ2v) is 7.22. The van der Waals surface area contributed by atoms with Crippen LogP contribution in [0, 0.1) is 11.3 Å². The zero-order valence-electron chi connectivity index (χ0n) is 15.4. The minimum Gasteiger partial charge on any atom is -0.341 e. The third-order valence-electron chi connectivity index (χ3n) is 4.90. The summed E-state index contributed by atoms with van der Waals surface area (Å²) in [6.07, 6.45) is 4.57. The molecule has 1 fully saturated rings. The maximum Gasteiger partial charge on any atom is 0.258 e. The highest BCUT2D eigenvalue weighted by Crippen LogP contribution is 2.24. The lowest BCUT2D eigenvalue weighted by Gasteiger charge is -2.26. The quantitative estimate of drug-likeness (QED) is 0.659. The fourth-order valence-electron chi connectivity index (χ4n) is 3.40. The van der Waals surface area contributed by atoms with Crippen molar-refractivity contribution in [2.45, 2.75) is 25.2 Å². The molecule has 0 bridgehead atoms. The van der Waals surface area contributed by atoms with E-state index in [1.165, 1.54) is 6.20 Å². The van der Waals surface area contributed by atoms with Crippen molar-refractivity contribution in [1.29, 1.82) is 5.26 Å². The highest BCUT2D eigenvalue weighted by molar-refractivity contribution is 6.33. The Hall–Kier alpha value is -3.31. The number of carbonyl (C=O) groups excluding carboxylic acids is 1. The summed E-state index contributed by atoms with van der Waals surface area (Å²) >= 11 is 6.18. The van der Waals surface area contributed by atoms with Crippen molar-refractivity contribution in [1.82, 2.24) is 19.9 Å². The van der Waals surface area contributed by atoms with E-state index in [-0.39, 0.29) is 16.5 Å². The van der Waals surface area contributed by atoms with Crippen molar-refractivity contribution in [2.75, 3.05) is 18.0 Å². The fraction of sp³-hybridized carbons (Fsp3) is 0.300. The molecule has 29 heavy (non-hydrogen) atoms. The predicted octanol–water partition coefficient (Wildman–Crippen LogP) is 2.85. The SMILES string of the molecule is N#C[C@H](C(=O)c1nc(N2CCCCC2)ncc1Cl)c1nc2ccccc2c(=O)[nH]1. The van der Waals surface area contributed by atoms with Gasteiger partial charge in [0.25, 0.3) is 5.56 Å². The molecule has 1 N–H and O–H groups in total. The average Bonchev–Trinajstić information content (AvgIpc) is 2.75. The van der Waals surface area contributed by atoms with Crippen molar-refractivity contribution in [2.24, 2.45) is 0 Å². The molecule has 0 saturated carbocycles. The number of carbonyl (C=O) groups is 1. The first-order valence-electron chi connectivity index (χ1n) is 9.29. The summed E-state index contributed by atoms with van der Waals surface area (Å²) in [6, 6.07) is 8.64. The molecule has 0 unspecified atom stereocenters. The standard InChI is InChI=1S/C20H17ClN6O2/c21-14-11-23-20(27-8-4-1-5-9-27)25-16(14)17(28)13(10-22)18-24-15-7-3-2-6-12(15)19(29)26-18/h2-3,6-7,11,13H,1,4-5,8-9H2,(H,24,26,29)/t13-/m1/s1. The van der Waals surface area contributed by atoms with Crippen molar-refractivity contribution >= 4 is 34.2 Å². The van der Waals surface area contributed by atoms with Crippen LogP contribution in [0.1, 0.15) is 41.5 Å². The number of rotatable bonds is 4. The topological polar surface area (TPSA) is 116 Å². The van der Waals surface area contributed by atoms with Crippen molar-refractivity contribution in [3.8, 4) is 6.07 Å². The summed E-state index contributed by atoms with van der Waals surface area (Å²) < 4.78 is 0. The number of nitrogens with zero attached hydrogens (tertiary/aromatic N) is 5. The Morgan fingerprint density at radius 3 is 2.72 bits per heavy atom. The minimum absolute atomic E-state index is 0.0320. The number of Topliss-reactive ketones (excluding diaryl/α,β-unsaturated/α-hetero) is 1. The van der Waals surface area contributed by atoms with Gasteiger partial charge in [0, 0.05) is 13.1 Å². The molecule has 4 rings (SSSR count). The zero-order chi connectivity index (χ0) is 20.4. The lowest BCUT2D eigenvalue weighted by molar-refractivity contribution is 0.0971. The Labute approximate surface area is 171 Å². The average molecular weight is 409 g/mol. The molecular weight excluding hydrogens is 392 g/mol.